The summed E-state index contributed by atoms with van der Waals surface area (Å²) in [4.78, 5) is 16.8. The lowest BCUT2D eigenvalue weighted by molar-refractivity contribution is 0.0958. The fourth-order valence-corrected chi connectivity index (χ4v) is 3.80. The van der Waals surface area contributed by atoms with E-state index in [1.54, 1.807) is 36.5 Å². The molecule has 3 rings (SSSR count). The Morgan fingerprint density at radius 2 is 1.93 bits per heavy atom. The number of nitrogens with zero attached hydrogens (tertiary/aromatic N) is 2. The number of carbonyl (C=O) groups excluding carboxylic acids is 1. The van der Waals surface area contributed by atoms with Crippen LogP contribution < -0.4 is 15.9 Å². The number of hydrogen-bond donors (Lipinski definition) is 2. The predicted octanol–water partition coefficient (Wildman–Crippen LogP) is 4.94. The van der Waals surface area contributed by atoms with Gasteiger partial charge in [-0.25, -0.2) is 10.4 Å². The molecule has 150 valence electrons. The van der Waals surface area contributed by atoms with Crippen LogP contribution in [0.4, 0.5) is 5.13 Å². The van der Waals surface area contributed by atoms with Gasteiger partial charge < -0.3 is 10.5 Å². The molecule has 0 aliphatic rings. The van der Waals surface area contributed by atoms with E-state index in [-0.39, 0.29) is 12.5 Å². The van der Waals surface area contributed by atoms with Gasteiger partial charge in [-0.05, 0) is 48.4 Å². The molecule has 0 radical (unpaired) electrons. The minimum Gasteiger partial charge on any atom is -0.489 e. The van der Waals surface area contributed by atoms with E-state index in [1.165, 1.54) is 0 Å². The molecule has 0 aliphatic heterocycles. The van der Waals surface area contributed by atoms with Gasteiger partial charge in [-0.2, -0.15) is 5.10 Å². The monoisotopic (exact) mass is 448 g/mol. The maximum atomic E-state index is 12.2. The summed E-state index contributed by atoms with van der Waals surface area (Å²) in [7, 11) is 0. The van der Waals surface area contributed by atoms with Gasteiger partial charge in [0.25, 0.3) is 5.91 Å². The first kappa shape index (κ1) is 21.1. The van der Waals surface area contributed by atoms with Crippen LogP contribution in [0.15, 0.2) is 47.6 Å². The van der Waals surface area contributed by atoms with Crippen LogP contribution in [-0.4, -0.2) is 17.1 Å². The summed E-state index contributed by atoms with van der Waals surface area (Å²) < 4.78 is 5.74. The van der Waals surface area contributed by atoms with Crippen molar-refractivity contribution < 1.29 is 9.53 Å². The quantitative estimate of drug-likeness (QED) is 0.395. The van der Waals surface area contributed by atoms with E-state index in [1.807, 2.05) is 19.1 Å². The van der Waals surface area contributed by atoms with Gasteiger partial charge in [0.15, 0.2) is 5.13 Å². The van der Waals surface area contributed by atoms with Crippen molar-refractivity contribution in [3.05, 3.63) is 74.2 Å². The van der Waals surface area contributed by atoms with Crippen molar-refractivity contribution >= 4 is 51.8 Å². The number of amides is 1. The molecular weight excluding hydrogens is 431 g/mol. The van der Waals surface area contributed by atoms with Crippen LogP contribution in [0.3, 0.4) is 0 Å². The van der Waals surface area contributed by atoms with Crippen molar-refractivity contribution in [3.8, 4) is 5.75 Å². The highest BCUT2D eigenvalue weighted by atomic mass is 35.5. The van der Waals surface area contributed by atoms with Gasteiger partial charge in [0.1, 0.15) is 17.2 Å². The van der Waals surface area contributed by atoms with Gasteiger partial charge in [-0.15, -0.1) is 0 Å². The number of nitrogens with one attached hydrogen (secondary N) is 1. The number of benzene rings is 2. The van der Waals surface area contributed by atoms with Crippen molar-refractivity contribution in [1.82, 2.24) is 10.4 Å². The zero-order valence-corrected chi connectivity index (χ0v) is 17.8. The third-order valence-corrected chi connectivity index (χ3v) is 5.59. The van der Waals surface area contributed by atoms with E-state index in [4.69, 9.17) is 33.7 Å². The number of thiazole rings is 1. The number of hydrazone groups is 1. The summed E-state index contributed by atoms with van der Waals surface area (Å²) in [6.45, 7) is 2.18. The summed E-state index contributed by atoms with van der Waals surface area (Å²) in [5.74, 6) is 0.332. The Morgan fingerprint density at radius 1 is 1.24 bits per heavy atom. The lowest BCUT2D eigenvalue weighted by atomic mass is 10.2. The van der Waals surface area contributed by atoms with Gasteiger partial charge in [0, 0.05) is 15.6 Å². The first-order valence-corrected chi connectivity index (χ1v) is 10.3. The van der Waals surface area contributed by atoms with Crippen LogP contribution in [0, 0.1) is 0 Å². The van der Waals surface area contributed by atoms with E-state index in [0.717, 1.165) is 22.5 Å². The lowest BCUT2D eigenvalue weighted by Gasteiger charge is -2.09. The standard InChI is InChI=1S/C20H18Cl2N4O2S/c1-2-17-18(29-20(23)25-17)19(27)26-24-10-12-6-8-13(9-7-12)28-11-14-15(21)4-3-5-16(14)22/h3-10H,2,11H2,1H3,(H2,23,25)(H,26,27)/b24-10+. The normalized spacial score (nSPS) is 11.0. The van der Waals surface area contributed by atoms with E-state index in [0.29, 0.717) is 37.9 Å². The first-order valence-electron chi connectivity index (χ1n) is 8.72. The molecule has 3 N–H and O–H groups in total. The van der Waals surface area contributed by atoms with Crippen LogP contribution >= 0.6 is 34.5 Å². The minimum absolute atomic E-state index is 0.264. The molecule has 0 bridgehead atoms. The summed E-state index contributed by atoms with van der Waals surface area (Å²) >= 11 is 13.4. The molecule has 29 heavy (non-hydrogen) atoms. The molecule has 9 heteroatoms. The molecule has 0 saturated heterocycles. The van der Waals surface area contributed by atoms with Gasteiger partial charge in [0.05, 0.1) is 11.9 Å². The number of ether oxygens (including phenoxy) is 1. The van der Waals surface area contributed by atoms with Gasteiger partial charge >= 0.3 is 0 Å². The Hall–Kier alpha value is -2.61. The summed E-state index contributed by atoms with van der Waals surface area (Å²) in [6, 6.07) is 12.6. The number of nitrogens with two attached hydrogens (primary N) is 1. The molecule has 2 aromatic carbocycles. The second-order valence-corrected chi connectivity index (χ2v) is 7.78. The third-order valence-electron chi connectivity index (χ3n) is 3.96. The average molecular weight is 449 g/mol. The Kier molecular flexibility index (Phi) is 7.09. The summed E-state index contributed by atoms with van der Waals surface area (Å²) in [6.07, 6.45) is 2.17. The fourth-order valence-electron chi connectivity index (χ4n) is 2.48. The summed E-state index contributed by atoms with van der Waals surface area (Å²) in [5.41, 5.74) is 10.4. The average Bonchev–Trinajstić information content (AvgIpc) is 3.09. The lowest BCUT2D eigenvalue weighted by Crippen LogP contribution is -2.17. The van der Waals surface area contributed by atoms with E-state index >= 15 is 0 Å². The Bertz CT molecular complexity index is 1020. The van der Waals surface area contributed by atoms with E-state index in [9.17, 15) is 4.79 Å². The maximum Gasteiger partial charge on any atom is 0.283 e. The van der Waals surface area contributed by atoms with Crippen molar-refractivity contribution in [2.75, 3.05) is 5.73 Å². The highest BCUT2D eigenvalue weighted by Crippen LogP contribution is 2.26. The maximum absolute atomic E-state index is 12.2. The molecular formula is C20H18Cl2N4O2S. The van der Waals surface area contributed by atoms with Crippen LogP contribution in [0.2, 0.25) is 10.0 Å². The van der Waals surface area contributed by atoms with Crippen LogP contribution in [0.5, 0.6) is 5.75 Å². The van der Waals surface area contributed by atoms with Gasteiger partial charge in [0.2, 0.25) is 0 Å². The van der Waals surface area contributed by atoms with Crippen LogP contribution in [0.25, 0.3) is 0 Å². The second kappa shape index (κ2) is 9.73. The molecule has 0 spiro atoms. The number of nitrogen functional groups attached to an aromatic ring is 1. The number of carbonyl (C=O) groups is 1. The van der Waals surface area contributed by atoms with Gasteiger partial charge in [-0.3, -0.25) is 4.79 Å². The van der Waals surface area contributed by atoms with Crippen LogP contribution in [-0.2, 0) is 13.0 Å². The number of hydrogen-bond acceptors (Lipinski definition) is 6. The largest absolute Gasteiger partial charge is 0.489 e. The molecule has 0 unspecified atom stereocenters. The number of aryl methyl sites for hydroxylation is 1. The molecule has 0 fully saturated rings. The fraction of sp³-hybridized carbons (Fsp3) is 0.150. The highest BCUT2D eigenvalue weighted by molar-refractivity contribution is 7.17. The van der Waals surface area contributed by atoms with E-state index < -0.39 is 0 Å². The van der Waals surface area contributed by atoms with Crippen molar-refractivity contribution in [3.63, 3.8) is 0 Å². The number of halogens is 2. The number of aromatic nitrogens is 1. The molecule has 6 nitrogen and oxygen atoms in total. The van der Waals surface area contributed by atoms with Crippen LogP contribution in [0.1, 0.15) is 33.4 Å². The highest BCUT2D eigenvalue weighted by Gasteiger charge is 2.15. The topological polar surface area (TPSA) is 89.6 Å². The molecule has 1 amide bonds. The molecule has 3 aromatic rings. The Morgan fingerprint density at radius 3 is 2.59 bits per heavy atom. The Labute approximate surface area is 182 Å². The molecule has 0 saturated carbocycles. The predicted molar refractivity (Wildman–Crippen MR) is 118 cm³/mol. The van der Waals surface area contributed by atoms with E-state index in [2.05, 4.69) is 15.5 Å². The number of rotatable bonds is 7. The Balaban J connectivity index is 1.57. The molecule has 1 aromatic heterocycles. The van der Waals surface area contributed by atoms with Crippen molar-refractivity contribution in [2.45, 2.75) is 20.0 Å². The zero-order chi connectivity index (χ0) is 20.8. The number of anilines is 1. The zero-order valence-electron chi connectivity index (χ0n) is 15.5. The minimum atomic E-state index is -0.330. The van der Waals surface area contributed by atoms with Crippen molar-refractivity contribution in [2.24, 2.45) is 5.10 Å². The third kappa shape index (κ3) is 5.47. The molecule has 0 aliphatic carbocycles. The second-order valence-electron chi connectivity index (χ2n) is 5.94. The summed E-state index contributed by atoms with van der Waals surface area (Å²) in [5, 5.41) is 5.47. The van der Waals surface area contributed by atoms with Crippen molar-refractivity contribution in [1.29, 1.82) is 0 Å². The SMILES string of the molecule is CCc1nc(N)sc1C(=O)N/N=C/c1ccc(OCc2c(Cl)cccc2Cl)cc1. The molecule has 1 heterocycles. The van der Waals surface area contributed by atoms with Gasteiger partial charge in [-0.1, -0.05) is 47.5 Å². The smallest absolute Gasteiger partial charge is 0.283 e. The first-order chi connectivity index (χ1) is 14.0. The molecule has 0 atom stereocenters.